The van der Waals surface area contributed by atoms with E-state index in [2.05, 4.69) is 31.0 Å². The normalized spacial score (nSPS) is 36.4. The van der Waals surface area contributed by atoms with Crippen LogP contribution in [0.1, 0.15) is 52.9 Å². The van der Waals surface area contributed by atoms with Gasteiger partial charge in [-0.1, -0.05) is 27.2 Å². The van der Waals surface area contributed by atoms with E-state index in [1.165, 1.54) is 51.7 Å². The largest absolute Gasteiger partial charge is 0.313 e. The van der Waals surface area contributed by atoms with E-state index in [4.69, 9.17) is 0 Å². The zero-order chi connectivity index (χ0) is 12.3. The molecule has 3 atom stereocenters. The summed E-state index contributed by atoms with van der Waals surface area (Å²) in [5.74, 6) is 1.74. The van der Waals surface area contributed by atoms with E-state index >= 15 is 0 Å². The maximum absolute atomic E-state index is 3.74. The molecule has 0 aromatic carbocycles. The molecule has 2 aliphatic rings. The quantitative estimate of drug-likeness (QED) is 0.813. The Balaban J connectivity index is 1.92. The summed E-state index contributed by atoms with van der Waals surface area (Å²) in [5, 5.41) is 3.74. The molecule has 2 rings (SSSR count). The van der Waals surface area contributed by atoms with Gasteiger partial charge < -0.3 is 5.32 Å². The fraction of sp³-hybridized carbons (Fsp3) is 1.00. The molecule has 1 aliphatic carbocycles. The Morgan fingerprint density at radius 2 is 2.06 bits per heavy atom. The van der Waals surface area contributed by atoms with Crippen LogP contribution in [-0.4, -0.2) is 36.6 Å². The lowest BCUT2D eigenvalue weighted by atomic mass is 10.0. The zero-order valence-corrected chi connectivity index (χ0v) is 11.9. The minimum absolute atomic E-state index is 0.727. The lowest BCUT2D eigenvalue weighted by molar-refractivity contribution is 0.159. The van der Waals surface area contributed by atoms with E-state index < -0.39 is 0 Å². The van der Waals surface area contributed by atoms with Gasteiger partial charge >= 0.3 is 0 Å². The van der Waals surface area contributed by atoms with Crippen molar-refractivity contribution < 1.29 is 0 Å². The van der Waals surface area contributed by atoms with E-state index in [1.54, 1.807) is 0 Å². The molecular formula is C15H30N2. The number of nitrogens with one attached hydrogen (secondary N) is 1. The van der Waals surface area contributed by atoms with Crippen LogP contribution >= 0.6 is 0 Å². The highest BCUT2D eigenvalue weighted by Crippen LogP contribution is 2.30. The van der Waals surface area contributed by atoms with Crippen LogP contribution in [-0.2, 0) is 0 Å². The summed E-state index contributed by atoms with van der Waals surface area (Å²) in [5.41, 5.74) is 0. The topological polar surface area (TPSA) is 15.3 Å². The van der Waals surface area contributed by atoms with Crippen molar-refractivity contribution in [3.8, 4) is 0 Å². The van der Waals surface area contributed by atoms with Gasteiger partial charge in [0, 0.05) is 18.6 Å². The second-order valence-electron chi connectivity index (χ2n) is 6.60. The molecule has 0 aromatic rings. The first kappa shape index (κ1) is 13.4. The van der Waals surface area contributed by atoms with E-state index in [0.717, 1.165) is 23.9 Å². The molecule has 1 saturated carbocycles. The molecule has 0 amide bonds. The SMILES string of the molecule is CC(C)CC1CN(C2CCCC2C)CCCN1. The molecular weight excluding hydrogens is 208 g/mol. The Kier molecular flexibility index (Phi) is 4.87. The molecule has 1 saturated heterocycles. The number of rotatable bonds is 3. The van der Waals surface area contributed by atoms with Crippen LogP contribution in [0.4, 0.5) is 0 Å². The molecule has 1 heterocycles. The molecule has 17 heavy (non-hydrogen) atoms. The molecule has 2 nitrogen and oxygen atoms in total. The van der Waals surface area contributed by atoms with Gasteiger partial charge in [0.05, 0.1) is 0 Å². The maximum atomic E-state index is 3.74. The summed E-state index contributed by atoms with van der Waals surface area (Å²) >= 11 is 0. The third-order valence-corrected chi connectivity index (χ3v) is 4.55. The molecule has 100 valence electrons. The van der Waals surface area contributed by atoms with Gasteiger partial charge in [0.2, 0.25) is 0 Å². The van der Waals surface area contributed by atoms with E-state index in [0.29, 0.717) is 0 Å². The first-order chi connectivity index (χ1) is 8.16. The van der Waals surface area contributed by atoms with Crippen LogP contribution in [0.5, 0.6) is 0 Å². The van der Waals surface area contributed by atoms with Gasteiger partial charge in [0.25, 0.3) is 0 Å². The second kappa shape index (κ2) is 6.19. The van der Waals surface area contributed by atoms with E-state index in [-0.39, 0.29) is 0 Å². The minimum atomic E-state index is 0.727. The summed E-state index contributed by atoms with van der Waals surface area (Å²) in [7, 11) is 0. The van der Waals surface area contributed by atoms with Gasteiger partial charge in [-0.05, 0) is 50.6 Å². The van der Waals surface area contributed by atoms with Crippen molar-refractivity contribution in [2.45, 2.75) is 65.0 Å². The summed E-state index contributed by atoms with van der Waals surface area (Å²) in [6.07, 6.45) is 7.00. The minimum Gasteiger partial charge on any atom is -0.313 e. The monoisotopic (exact) mass is 238 g/mol. The Hall–Kier alpha value is -0.0800. The number of nitrogens with zero attached hydrogens (tertiary/aromatic N) is 1. The zero-order valence-electron chi connectivity index (χ0n) is 11.9. The highest BCUT2D eigenvalue weighted by atomic mass is 15.2. The van der Waals surface area contributed by atoms with Gasteiger partial charge in [0.15, 0.2) is 0 Å². The van der Waals surface area contributed by atoms with Crippen LogP contribution in [0.25, 0.3) is 0 Å². The highest BCUT2D eigenvalue weighted by Gasteiger charge is 2.31. The molecule has 0 spiro atoms. The molecule has 0 aromatic heterocycles. The molecule has 0 bridgehead atoms. The smallest absolute Gasteiger partial charge is 0.0197 e. The highest BCUT2D eigenvalue weighted by molar-refractivity contribution is 4.87. The standard InChI is InChI=1S/C15H30N2/c1-12(2)10-14-11-17(9-5-8-16-14)15-7-4-6-13(15)3/h12-16H,4-11H2,1-3H3. The van der Waals surface area contributed by atoms with Gasteiger partial charge in [0.1, 0.15) is 0 Å². The fourth-order valence-corrected chi connectivity index (χ4v) is 3.72. The van der Waals surface area contributed by atoms with Crippen LogP contribution in [0, 0.1) is 11.8 Å². The van der Waals surface area contributed by atoms with Gasteiger partial charge in [-0.15, -0.1) is 0 Å². The Labute approximate surface area is 107 Å². The van der Waals surface area contributed by atoms with E-state index in [1.807, 2.05) is 0 Å². The van der Waals surface area contributed by atoms with Crippen molar-refractivity contribution in [2.24, 2.45) is 11.8 Å². The Morgan fingerprint density at radius 3 is 2.71 bits per heavy atom. The van der Waals surface area contributed by atoms with Gasteiger partial charge in [-0.3, -0.25) is 4.90 Å². The third kappa shape index (κ3) is 3.69. The summed E-state index contributed by atoms with van der Waals surface area (Å²) < 4.78 is 0. The average molecular weight is 238 g/mol. The molecule has 1 N–H and O–H groups in total. The van der Waals surface area contributed by atoms with Crippen molar-refractivity contribution in [3.05, 3.63) is 0 Å². The first-order valence-electron chi connectivity index (χ1n) is 7.64. The molecule has 3 unspecified atom stereocenters. The van der Waals surface area contributed by atoms with E-state index in [9.17, 15) is 0 Å². The van der Waals surface area contributed by atoms with Crippen LogP contribution in [0.3, 0.4) is 0 Å². The van der Waals surface area contributed by atoms with Crippen molar-refractivity contribution >= 4 is 0 Å². The predicted molar refractivity (Wildman–Crippen MR) is 74.2 cm³/mol. The Bertz CT molecular complexity index is 227. The van der Waals surface area contributed by atoms with Crippen molar-refractivity contribution in [2.75, 3.05) is 19.6 Å². The lowest BCUT2D eigenvalue weighted by Gasteiger charge is -2.33. The maximum Gasteiger partial charge on any atom is 0.0197 e. The van der Waals surface area contributed by atoms with Gasteiger partial charge in [-0.25, -0.2) is 0 Å². The summed E-state index contributed by atoms with van der Waals surface area (Å²) in [6, 6.07) is 1.61. The third-order valence-electron chi connectivity index (χ3n) is 4.55. The summed E-state index contributed by atoms with van der Waals surface area (Å²) in [6.45, 7) is 11.0. The fourth-order valence-electron chi connectivity index (χ4n) is 3.72. The Morgan fingerprint density at radius 1 is 1.24 bits per heavy atom. The van der Waals surface area contributed by atoms with Crippen LogP contribution in [0.2, 0.25) is 0 Å². The second-order valence-corrected chi connectivity index (χ2v) is 6.60. The molecule has 2 heteroatoms. The lowest BCUT2D eigenvalue weighted by Crippen LogP contribution is -2.44. The molecule has 2 fully saturated rings. The van der Waals surface area contributed by atoms with Crippen LogP contribution < -0.4 is 5.32 Å². The number of hydrogen-bond acceptors (Lipinski definition) is 2. The first-order valence-corrected chi connectivity index (χ1v) is 7.64. The molecule has 0 radical (unpaired) electrons. The molecule has 1 aliphatic heterocycles. The predicted octanol–water partition coefficient (Wildman–Crippen LogP) is 2.89. The van der Waals surface area contributed by atoms with Crippen LogP contribution in [0.15, 0.2) is 0 Å². The number of hydrogen-bond donors (Lipinski definition) is 1. The van der Waals surface area contributed by atoms with Crippen molar-refractivity contribution in [1.29, 1.82) is 0 Å². The summed E-state index contributed by atoms with van der Waals surface area (Å²) in [4.78, 5) is 2.80. The van der Waals surface area contributed by atoms with Crippen molar-refractivity contribution in [1.82, 2.24) is 10.2 Å². The van der Waals surface area contributed by atoms with Crippen molar-refractivity contribution in [3.63, 3.8) is 0 Å². The average Bonchev–Trinajstić information content (AvgIpc) is 2.55. The van der Waals surface area contributed by atoms with Gasteiger partial charge in [-0.2, -0.15) is 0 Å².